The fraction of sp³-hybridized carbons (Fsp3) is 0.0833. The van der Waals surface area contributed by atoms with E-state index >= 15 is 0 Å². The van der Waals surface area contributed by atoms with Gasteiger partial charge >= 0.3 is 0 Å². The van der Waals surface area contributed by atoms with Crippen LogP contribution in [0.25, 0.3) is 0 Å². The van der Waals surface area contributed by atoms with Crippen molar-refractivity contribution in [3.8, 4) is 0 Å². The van der Waals surface area contributed by atoms with Crippen LogP contribution in [0.5, 0.6) is 0 Å². The van der Waals surface area contributed by atoms with Crippen LogP contribution in [-0.4, -0.2) is 12.0 Å². The van der Waals surface area contributed by atoms with E-state index in [0.29, 0.717) is 0 Å². The molecule has 1 aromatic carbocycles. The predicted octanol–water partition coefficient (Wildman–Crippen LogP) is 3.55. The number of nitrogens with zero attached hydrogens (tertiary/aromatic N) is 2. The molecule has 0 aliphatic rings. The van der Waals surface area contributed by atoms with Crippen molar-refractivity contribution in [2.45, 2.75) is 0 Å². The summed E-state index contributed by atoms with van der Waals surface area (Å²) in [5.74, 6) is -7.28. The van der Waals surface area contributed by atoms with E-state index in [0.717, 1.165) is 17.0 Å². The molecule has 0 atom stereocenters. The Morgan fingerprint density at radius 3 is 1.79 bits per heavy atom. The molecule has 0 saturated heterocycles. The molecule has 100 valence electrons. The average Bonchev–Trinajstić information content (AvgIpc) is 2.37. The first-order valence-electron chi connectivity index (χ1n) is 5.11. The number of hydrogen-bond acceptors (Lipinski definition) is 2. The monoisotopic (exact) mass is 274 g/mol. The third-order valence-electron chi connectivity index (χ3n) is 2.52. The van der Waals surface area contributed by atoms with Crippen molar-refractivity contribution in [3.05, 3.63) is 53.6 Å². The summed E-state index contributed by atoms with van der Waals surface area (Å²) >= 11 is 0. The summed E-state index contributed by atoms with van der Waals surface area (Å²) in [6.07, 6.45) is 0. The van der Waals surface area contributed by atoms with E-state index in [1.54, 1.807) is 0 Å². The maximum Gasteiger partial charge on any atom is 0.253 e. The summed E-state index contributed by atoms with van der Waals surface area (Å²) < 4.78 is 65.7. The second kappa shape index (κ2) is 4.83. The summed E-state index contributed by atoms with van der Waals surface area (Å²) in [4.78, 5) is 3.31. The van der Waals surface area contributed by atoms with Gasteiger partial charge < -0.3 is 4.90 Å². The Morgan fingerprint density at radius 1 is 0.842 bits per heavy atom. The molecule has 0 fully saturated rings. The highest BCUT2D eigenvalue weighted by molar-refractivity contribution is 5.63. The Bertz CT molecular complexity index is 586. The summed E-state index contributed by atoms with van der Waals surface area (Å²) in [5, 5.41) is 0. The van der Waals surface area contributed by atoms with E-state index in [4.69, 9.17) is 0 Å². The fourth-order valence-electron chi connectivity index (χ4n) is 1.56. The van der Waals surface area contributed by atoms with E-state index in [2.05, 4.69) is 4.98 Å². The Hall–Kier alpha value is -2.18. The van der Waals surface area contributed by atoms with Crippen LogP contribution in [-0.2, 0) is 0 Å². The van der Waals surface area contributed by atoms with Crippen molar-refractivity contribution >= 4 is 11.4 Å². The first kappa shape index (κ1) is 13.3. The number of halogens is 5. The smallest absolute Gasteiger partial charge is 0.253 e. The molecule has 0 saturated carbocycles. The highest BCUT2D eigenvalue weighted by Gasteiger charge is 2.24. The molecule has 2 nitrogen and oxygen atoms in total. The molecular formula is C12H7F5N2. The van der Waals surface area contributed by atoms with Crippen molar-refractivity contribution in [3.63, 3.8) is 0 Å². The quantitative estimate of drug-likeness (QED) is 0.615. The second-order valence-electron chi connectivity index (χ2n) is 3.71. The molecule has 0 amide bonds. The molecule has 1 heterocycles. The Balaban J connectivity index is 2.55. The highest BCUT2D eigenvalue weighted by atomic mass is 19.2. The van der Waals surface area contributed by atoms with Crippen molar-refractivity contribution in [2.75, 3.05) is 11.9 Å². The van der Waals surface area contributed by atoms with Gasteiger partial charge in [-0.25, -0.2) is 4.39 Å². The molecule has 7 heteroatoms. The molecule has 2 aromatic rings. The number of anilines is 2. The highest BCUT2D eigenvalue weighted by Crippen LogP contribution is 2.30. The number of rotatable bonds is 2. The van der Waals surface area contributed by atoms with E-state index in [1.165, 1.54) is 19.2 Å². The largest absolute Gasteiger partial charge is 0.340 e. The minimum absolute atomic E-state index is 0.157. The normalized spacial score (nSPS) is 10.6. The lowest BCUT2D eigenvalue weighted by Gasteiger charge is -2.20. The van der Waals surface area contributed by atoms with Crippen LogP contribution in [0.2, 0.25) is 0 Å². The summed E-state index contributed by atoms with van der Waals surface area (Å²) in [6.45, 7) is 0. The molecule has 0 radical (unpaired) electrons. The lowest BCUT2D eigenvalue weighted by molar-refractivity contribution is 0.409. The van der Waals surface area contributed by atoms with E-state index in [1.807, 2.05) is 0 Å². The van der Waals surface area contributed by atoms with Crippen LogP contribution in [0, 0.1) is 29.3 Å². The van der Waals surface area contributed by atoms with Gasteiger partial charge in [0.15, 0.2) is 0 Å². The molecule has 19 heavy (non-hydrogen) atoms. The minimum atomic E-state index is -1.75. The van der Waals surface area contributed by atoms with Gasteiger partial charge in [-0.2, -0.15) is 22.5 Å². The van der Waals surface area contributed by atoms with Gasteiger partial charge in [-0.15, -0.1) is 0 Å². The number of aromatic nitrogens is 1. The predicted molar refractivity (Wildman–Crippen MR) is 58.5 cm³/mol. The maximum atomic E-state index is 13.5. The molecule has 0 aliphatic carbocycles. The molecular weight excluding hydrogens is 267 g/mol. The van der Waals surface area contributed by atoms with Crippen LogP contribution >= 0.6 is 0 Å². The fourth-order valence-corrected chi connectivity index (χ4v) is 1.56. The molecule has 0 N–H and O–H groups in total. The van der Waals surface area contributed by atoms with Gasteiger partial charge in [0, 0.05) is 12.7 Å². The third-order valence-corrected chi connectivity index (χ3v) is 2.52. The van der Waals surface area contributed by atoms with Crippen LogP contribution in [0.1, 0.15) is 0 Å². The molecule has 0 spiro atoms. The average molecular weight is 274 g/mol. The Kier molecular flexibility index (Phi) is 3.37. The van der Waals surface area contributed by atoms with Crippen molar-refractivity contribution in [2.24, 2.45) is 0 Å². The molecule has 2 rings (SSSR count). The molecule has 0 bridgehead atoms. The zero-order valence-corrected chi connectivity index (χ0v) is 9.59. The standard InChI is InChI=1S/C12H7F5N2/c1-19(7-4-2-6(13)3-5-7)10-8(14)11(16)18-12(17)9(10)15/h2-5H,1H3. The van der Waals surface area contributed by atoms with Gasteiger partial charge in [0.1, 0.15) is 11.5 Å². The van der Waals surface area contributed by atoms with Gasteiger partial charge in [-0.3, -0.25) is 0 Å². The lowest BCUT2D eigenvalue weighted by atomic mass is 10.2. The van der Waals surface area contributed by atoms with E-state index in [-0.39, 0.29) is 5.69 Å². The summed E-state index contributed by atoms with van der Waals surface area (Å²) in [6, 6.07) is 4.53. The number of benzene rings is 1. The lowest BCUT2D eigenvalue weighted by Crippen LogP contribution is -2.16. The van der Waals surface area contributed by atoms with Crippen LogP contribution in [0.15, 0.2) is 24.3 Å². The second-order valence-corrected chi connectivity index (χ2v) is 3.71. The van der Waals surface area contributed by atoms with Gasteiger partial charge in [-0.1, -0.05) is 0 Å². The maximum absolute atomic E-state index is 13.5. The van der Waals surface area contributed by atoms with Gasteiger partial charge in [0.2, 0.25) is 11.6 Å². The van der Waals surface area contributed by atoms with Crippen molar-refractivity contribution < 1.29 is 22.0 Å². The summed E-state index contributed by atoms with van der Waals surface area (Å²) in [5.41, 5.74) is -0.777. The SMILES string of the molecule is CN(c1ccc(F)cc1)c1c(F)c(F)nc(F)c1F. The molecule has 0 unspecified atom stereocenters. The molecule has 0 aliphatic heterocycles. The third kappa shape index (κ3) is 2.35. The van der Waals surface area contributed by atoms with Crippen LogP contribution in [0.3, 0.4) is 0 Å². The van der Waals surface area contributed by atoms with E-state index in [9.17, 15) is 22.0 Å². The Morgan fingerprint density at radius 2 is 1.32 bits per heavy atom. The van der Waals surface area contributed by atoms with E-state index < -0.39 is 35.0 Å². The molecule has 1 aromatic heterocycles. The number of pyridine rings is 1. The number of hydrogen-bond donors (Lipinski definition) is 0. The van der Waals surface area contributed by atoms with Crippen molar-refractivity contribution in [1.29, 1.82) is 0 Å². The van der Waals surface area contributed by atoms with Gasteiger partial charge in [0.25, 0.3) is 11.9 Å². The van der Waals surface area contributed by atoms with Gasteiger partial charge in [-0.05, 0) is 24.3 Å². The van der Waals surface area contributed by atoms with Crippen LogP contribution < -0.4 is 4.90 Å². The van der Waals surface area contributed by atoms with Gasteiger partial charge in [0.05, 0.1) is 0 Å². The first-order valence-corrected chi connectivity index (χ1v) is 5.11. The van der Waals surface area contributed by atoms with Crippen molar-refractivity contribution in [1.82, 2.24) is 4.98 Å². The topological polar surface area (TPSA) is 16.1 Å². The first-order chi connectivity index (χ1) is 8.91. The summed E-state index contributed by atoms with van der Waals surface area (Å²) in [7, 11) is 1.19. The van der Waals surface area contributed by atoms with Crippen LogP contribution in [0.4, 0.5) is 33.3 Å². The zero-order valence-electron chi connectivity index (χ0n) is 9.59. The Labute approximate surface area is 105 Å². The zero-order chi connectivity index (χ0) is 14.2. The minimum Gasteiger partial charge on any atom is -0.340 e.